The van der Waals surface area contributed by atoms with Crippen molar-refractivity contribution in [3.63, 3.8) is 0 Å². The summed E-state index contributed by atoms with van der Waals surface area (Å²) in [5.74, 6) is 2.92. The lowest BCUT2D eigenvalue weighted by Crippen LogP contribution is -1.98. The molecule has 2 rings (SSSR count). The van der Waals surface area contributed by atoms with E-state index in [0.717, 1.165) is 17.3 Å². The lowest BCUT2D eigenvalue weighted by molar-refractivity contribution is 0.0952. The molecule has 0 bridgehead atoms. The van der Waals surface area contributed by atoms with Crippen LogP contribution in [0.25, 0.3) is 0 Å². The molecule has 0 aliphatic rings. The Balaban J connectivity index is 1.93. The molecular formula is C13H14O3. The summed E-state index contributed by atoms with van der Waals surface area (Å²) in [6, 6.07) is 7.31. The Morgan fingerprint density at radius 3 is 2.31 bits per heavy atom. The Labute approximate surface area is 94.1 Å². The van der Waals surface area contributed by atoms with E-state index in [-0.39, 0.29) is 5.78 Å². The zero-order chi connectivity index (χ0) is 11.5. The van der Waals surface area contributed by atoms with Crippen LogP contribution in [0.4, 0.5) is 0 Å². The summed E-state index contributed by atoms with van der Waals surface area (Å²) in [6.45, 7) is 3.72. The molecule has 16 heavy (non-hydrogen) atoms. The second kappa shape index (κ2) is 4.39. The summed E-state index contributed by atoms with van der Waals surface area (Å²) in [5.41, 5.74) is 0. The Morgan fingerprint density at radius 1 is 1.06 bits per heavy atom. The van der Waals surface area contributed by atoms with Crippen LogP contribution in [0.3, 0.4) is 0 Å². The van der Waals surface area contributed by atoms with Crippen LogP contribution < -0.4 is 0 Å². The molecule has 0 aliphatic carbocycles. The Morgan fingerprint density at radius 2 is 1.75 bits per heavy atom. The molecular weight excluding hydrogens is 204 g/mol. The van der Waals surface area contributed by atoms with Crippen LogP contribution in [0.1, 0.15) is 34.3 Å². The molecule has 0 saturated heterocycles. The van der Waals surface area contributed by atoms with Gasteiger partial charge in [0, 0.05) is 12.8 Å². The summed E-state index contributed by atoms with van der Waals surface area (Å²) in [7, 11) is 0. The highest BCUT2D eigenvalue weighted by Gasteiger charge is 2.11. The number of furan rings is 2. The number of carbonyl (C=O) groups excluding carboxylic acids is 1. The number of carbonyl (C=O) groups is 1. The van der Waals surface area contributed by atoms with Gasteiger partial charge in [-0.05, 0) is 38.1 Å². The first-order chi connectivity index (χ1) is 7.65. The third kappa shape index (κ3) is 2.42. The van der Waals surface area contributed by atoms with E-state index in [4.69, 9.17) is 8.83 Å². The Bertz CT molecular complexity index is 491. The molecule has 0 N–H and O–H groups in total. The molecule has 0 fully saturated rings. The predicted octanol–water partition coefficient (Wildman–Crippen LogP) is 3.30. The summed E-state index contributed by atoms with van der Waals surface area (Å²) in [6.07, 6.45) is 1.03. The molecule has 3 nitrogen and oxygen atoms in total. The highest BCUT2D eigenvalue weighted by atomic mass is 16.3. The van der Waals surface area contributed by atoms with Crippen molar-refractivity contribution >= 4 is 5.78 Å². The number of Topliss-reactive ketones (excluding diaryl/α,β-unsaturated/α-hetero) is 1. The first-order valence-electron chi connectivity index (χ1n) is 5.30. The van der Waals surface area contributed by atoms with Crippen LogP contribution in [0, 0.1) is 13.8 Å². The van der Waals surface area contributed by atoms with Crippen LogP contribution in [-0.2, 0) is 6.42 Å². The van der Waals surface area contributed by atoms with Crippen molar-refractivity contribution in [1.82, 2.24) is 0 Å². The van der Waals surface area contributed by atoms with E-state index in [1.807, 2.05) is 26.0 Å². The zero-order valence-corrected chi connectivity index (χ0v) is 9.45. The summed E-state index contributed by atoms with van der Waals surface area (Å²) in [5, 5.41) is 0. The standard InChI is InChI=1S/C13H14O3/c1-9-3-5-11(15-9)6-7-12(14)13-8-4-10(2)16-13/h3-5,8H,6-7H2,1-2H3. The molecule has 2 aromatic rings. The smallest absolute Gasteiger partial charge is 0.198 e. The monoisotopic (exact) mass is 218 g/mol. The van der Waals surface area contributed by atoms with Gasteiger partial charge in [0.1, 0.15) is 17.3 Å². The van der Waals surface area contributed by atoms with Gasteiger partial charge in [-0.1, -0.05) is 0 Å². The minimum Gasteiger partial charge on any atom is -0.466 e. The molecule has 0 aliphatic heterocycles. The first-order valence-corrected chi connectivity index (χ1v) is 5.30. The van der Waals surface area contributed by atoms with E-state index in [1.165, 1.54) is 0 Å². The van der Waals surface area contributed by atoms with E-state index >= 15 is 0 Å². The third-order valence-electron chi connectivity index (χ3n) is 2.41. The summed E-state index contributed by atoms with van der Waals surface area (Å²) < 4.78 is 10.7. The fourth-order valence-corrected chi connectivity index (χ4v) is 1.56. The average molecular weight is 218 g/mol. The molecule has 2 aromatic heterocycles. The molecule has 0 aromatic carbocycles. The number of aryl methyl sites for hydroxylation is 3. The van der Waals surface area contributed by atoms with Crippen molar-refractivity contribution < 1.29 is 13.6 Å². The van der Waals surface area contributed by atoms with E-state index < -0.39 is 0 Å². The molecule has 0 radical (unpaired) electrons. The van der Waals surface area contributed by atoms with Gasteiger partial charge in [-0.15, -0.1) is 0 Å². The number of ketones is 1. The maximum Gasteiger partial charge on any atom is 0.198 e. The zero-order valence-electron chi connectivity index (χ0n) is 9.45. The van der Waals surface area contributed by atoms with Crippen molar-refractivity contribution in [3.05, 3.63) is 47.3 Å². The van der Waals surface area contributed by atoms with Crippen molar-refractivity contribution in [2.24, 2.45) is 0 Å². The van der Waals surface area contributed by atoms with Gasteiger partial charge in [0.25, 0.3) is 0 Å². The van der Waals surface area contributed by atoms with Crippen LogP contribution in [0.5, 0.6) is 0 Å². The first kappa shape index (κ1) is 10.7. The van der Waals surface area contributed by atoms with E-state index in [9.17, 15) is 4.79 Å². The second-order valence-electron chi connectivity index (χ2n) is 3.85. The second-order valence-corrected chi connectivity index (χ2v) is 3.85. The normalized spacial score (nSPS) is 10.6. The maximum atomic E-state index is 11.7. The third-order valence-corrected chi connectivity index (χ3v) is 2.41. The molecule has 0 saturated carbocycles. The number of rotatable bonds is 4. The van der Waals surface area contributed by atoms with Crippen molar-refractivity contribution in [2.75, 3.05) is 0 Å². The average Bonchev–Trinajstić information content (AvgIpc) is 2.84. The number of hydrogen-bond acceptors (Lipinski definition) is 3. The molecule has 2 heterocycles. The largest absolute Gasteiger partial charge is 0.466 e. The summed E-state index contributed by atoms with van der Waals surface area (Å²) >= 11 is 0. The Hall–Kier alpha value is -1.77. The van der Waals surface area contributed by atoms with Crippen LogP contribution in [-0.4, -0.2) is 5.78 Å². The quantitative estimate of drug-likeness (QED) is 0.739. The van der Waals surface area contributed by atoms with Gasteiger partial charge in [-0.2, -0.15) is 0 Å². The van der Waals surface area contributed by atoms with Crippen molar-refractivity contribution in [2.45, 2.75) is 26.7 Å². The van der Waals surface area contributed by atoms with Crippen LogP contribution >= 0.6 is 0 Å². The van der Waals surface area contributed by atoms with Crippen molar-refractivity contribution in [1.29, 1.82) is 0 Å². The molecule has 3 heteroatoms. The lowest BCUT2D eigenvalue weighted by Gasteiger charge is -1.95. The van der Waals surface area contributed by atoms with Gasteiger partial charge in [0.05, 0.1) is 0 Å². The highest BCUT2D eigenvalue weighted by Crippen LogP contribution is 2.13. The molecule has 84 valence electrons. The van der Waals surface area contributed by atoms with Crippen LogP contribution in [0.15, 0.2) is 33.1 Å². The van der Waals surface area contributed by atoms with E-state index in [0.29, 0.717) is 18.6 Å². The molecule has 0 atom stereocenters. The van der Waals surface area contributed by atoms with E-state index in [1.54, 1.807) is 12.1 Å². The highest BCUT2D eigenvalue weighted by molar-refractivity contribution is 5.93. The fourth-order valence-electron chi connectivity index (χ4n) is 1.56. The molecule has 0 spiro atoms. The van der Waals surface area contributed by atoms with Gasteiger partial charge in [0.2, 0.25) is 0 Å². The minimum absolute atomic E-state index is 0.0159. The lowest BCUT2D eigenvalue weighted by atomic mass is 10.1. The predicted molar refractivity (Wildman–Crippen MR) is 59.5 cm³/mol. The fraction of sp³-hybridized carbons (Fsp3) is 0.308. The van der Waals surface area contributed by atoms with Gasteiger partial charge in [-0.25, -0.2) is 0 Å². The maximum absolute atomic E-state index is 11.7. The number of hydrogen-bond donors (Lipinski definition) is 0. The SMILES string of the molecule is Cc1ccc(CCC(=O)c2ccc(C)o2)o1. The Kier molecular flexibility index (Phi) is 2.95. The molecule has 0 unspecified atom stereocenters. The minimum atomic E-state index is 0.0159. The van der Waals surface area contributed by atoms with Gasteiger partial charge in [-0.3, -0.25) is 4.79 Å². The molecule has 0 amide bonds. The summed E-state index contributed by atoms with van der Waals surface area (Å²) in [4.78, 5) is 11.7. The van der Waals surface area contributed by atoms with Crippen molar-refractivity contribution in [3.8, 4) is 0 Å². The van der Waals surface area contributed by atoms with Gasteiger partial charge in [0.15, 0.2) is 11.5 Å². The van der Waals surface area contributed by atoms with E-state index in [2.05, 4.69) is 0 Å². The topological polar surface area (TPSA) is 43.4 Å². The van der Waals surface area contributed by atoms with Crippen LogP contribution in [0.2, 0.25) is 0 Å². The van der Waals surface area contributed by atoms with Gasteiger partial charge < -0.3 is 8.83 Å². The van der Waals surface area contributed by atoms with Gasteiger partial charge >= 0.3 is 0 Å².